The average Bonchev–Trinajstić information content (AvgIpc) is 3.30. The third-order valence-electron chi connectivity index (χ3n) is 6.98. The number of nitrogens with zero attached hydrogens (tertiary/aromatic N) is 4. The number of carboxylic acids is 1. The molecule has 0 amide bonds. The summed E-state index contributed by atoms with van der Waals surface area (Å²) < 4.78 is 1.77. The zero-order valence-electron chi connectivity index (χ0n) is 20.1. The van der Waals surface area contributed by atoms with Gasteiger partial charge in [-0.1, -0.05) is 30.3 Å². The van der Waals surface area contributed by atoms with Crippen LogP contribution in [-0.4, -0.2) is 37.4 Å². The number of aliphatic carboxylic acids is 1. The minimum Gasteiger partial charge on any atom is -0.481 e. The van der Waals surface area contributed by atoms with Crippen molar-refractivity contribution in [3.8, 4) is 0 Å². The Labute approximate surface area is 208 Å². The van der Waals surface area contributed by atoms with Gasteiger partial charge in [0.1, 0.15) is 5.82 Å². The fraction of sp³-hybridized carbons (Fsp3) is 0.241. The first-order chi connectivity index (χ1) is 17.5. The minimum absolute atomic E-state index is 0.0745. The van der Waals surface area contributed by atoms with Crippen LogP contribution in [0.15, 0.2) is 67.0 Å². The molecule has 0 unspecified atom stereocenters. The van der Waals surface area contributed by atoms with Crippen molar-refractivity contribution in [3.63, 3.8) is 0 Å². The van der Waals surface area contributed by atoms with Gasteiger partial charge < -0.3 is 10.4 Å². The first-order valence-electron chi connectivity index (χ1n) is 12.3. The maximum atomic E-state index is 11.8. The number of fused-ring (bicyclic) bond motifs is 3. The van der Waals surface area contributed by atoms with Gasteiger partial charge in [-0.15, -0.1) is 0 Å². The topological polar surface area (TPSA) is 92.9 Å². The molecule has 1 aliphatic heterocycles. The SMILES string of the molecule is Cc1nc2c(cc1Cc1ccc3cn([C@@H](CC(=O)O)c4cnc5ccccc5c4)nc3c1)CCCN2. The summed E-state index contributed by atoms with van der Waals surface area (Å²) in [6, 6.07) is 18.0. The molecule has 7 heteroatoms. The Bertz CT molecular complexity index is 1610. The van der Waals surface area contributed by atoms with E-state index in [1.54, 1.807) is 10.9 Å². The molecule has 180 valence electrons. The third-order valence-corrected chi connectivity index (χ3v) is 6.98. The second-order valence-electron chi connectivity index (χ2n) is 9.53. The molecule has 6 rings (SSSR count). The number of aryl methyl sites for hydroxylation is 2. The highest BCUT2D eigenvalue weighted by atomic mass is 16.4. The van der Waals surface area contributed by atoms with E-state index in [-0.39, 0.29) is 6.42 Å². The molecule has 36 heavy (non-hydrogen) atoms. The van der Waals surface area contributed by atoms with Gasteiger partial charge >= 0.3 is 5.97 Å². The summed E-state index contributed by atoms with van der Waals surface area (Å²) in [5.41, 5.74) is 7.27. The van der Waals surface area contributed by atoms with Gasteiger partial charge in [0.15, 0.2) is 0 Å². The Kier molecular flexibility index (Phi) is 5.60. The lowest BCUT2D eigenvalue weighted by Crippen LogP contribution is -2.16. The van der Waals surface area contributed by atoms with Crippen molar-refractivity contribution in [3.05, 3.63) is 94.9 Å². The van der Waals surface area contributed by atoms with Crippen molar-refractivity contribution in [2.24, 2.45) is 0 Å². The van der Waals surface area contributed by atoms with Crippen molar-refractivity contribution in [2.45, 2.75) is 38.6 Å². The van der Waals surface area contributed by atoms with Crippen molar-refractivity contribution < 1.29 is 9.90 Å². The van der Waals surface area contributed by atoms with Gasteiger partial charge in [0.2, 0.25) is 0 Å². The normalized spacial score (nSPS) is 13.9. The first-order valence-corrected chi connectivity index (χ1v) is 12.3. The number of hydrogen-bond donors (Lipinski definition) is 2. The summed E-state index contributed by atoms with van der Waals surface area (Å²) in [4.78, 5) is 21.1. The maximum absolute atomic E-state index is 11.8. The van der Waals surface area contributed by atoms with Crippen molar-refractivity contribution in [2.75, 3.05) is 11.9 Å². The monoisotopic (exact) mass is 477 g/mol. The van der Waals surface area contributed by atoms with Crippen LogP contribution in [0.5, 0.6) is 0 Å². The Morgan fingerprint density at radius 2 is 2.00 bits per heavy atom. The van der Waals surface area contributed by atoms with E-state index in [0.717, 1.165) is 70.3 Å². The van der Waals surface area contributed by atoms with Gasteiger partial charge in [-0.3, -0.25) is 14.5 Å². The molecule has 0 fully saturated rings. The molecular weight excluding hydrogens is 450 g/mol. The summed E-state index contributed by atoms with van der Waals surface area (Å²) in [5, 5.41) is 19.8. The van der Waals surface area contributed by atoms with Crippen LogP contribution in [-0.2, 0) is 17.6 Å². The van der Waals surface area contributed by atoms with Crippen LogP contribution < -0.4 is 5.32 Å². The summed E-state index contributed by atoms with van der Waals surface area (Å²) in [5.74, 6) is 0.141. The molecule has 5 aromatic rings. The number of aromatic nitrogens is 4. The molecule has 7 nitrogen and oxygen atoms in total. The molecule has 0 saturated heterocycles. The summed E-state index contributed by atoms with van der Waals surface area (Å²) in [6.45, 7) is 3.05. The molecule has 1 aliphatic rings. The highest BCUT2D eigenvalue weighted by Gasteiger charge is 2.20. The van der Waals surface area contributed by atoms with E-state index in [9.17, 15) is 9.90 Å². The lowest BCUT2D eigenvalue weighted by molar-refractivity contribution is -0.137. The van der Waals surface area contributed by atoms with Crippen LogP contribution in [0, 0.1) is 6.92 Å². The van der Waals surface area contributed by atoms with E-state index < -0.39 is 12.0 Å². The number of nitrogens with one attached hydrogen (secondary N) is 1. The Morgan fingerprint density at radius 1 is 1.11 bits per heavy atom. The standard InChI is InChI=1S/C29H27N5O2/c1-18-23(14-21-6-4-10-30-29(21)32-18)11-19-8-9-22-17-34(33-26(22)12-19)27(15-28(35)36)24-13-20-5-2-3-7-25(20)31-16-24/h2-3,5,7-9,12-14,16-17,27H,4,6,10-11,15H2,1H3,(H,30,32)(H,35,36)/t27-/m0/s1. The fourth-order valence-electron chi connectivity index (χ4n) is 5.07. The van der Waals surface area contributed by atoms with Crippen LogP contribution >= 0.6 is 0 Å². The molecule has 3 aromatic heterocycles. The molecule has 0 spiro atoms. The summed E-state index contributed by atoms with van der Waals surface area (Å²) >= 11 is 0. The fourth-order valence-corrected chi connectivity index (χ4v) is 5.07. The van der Waals surface area contributed by atoms with Crippen molar-refractivity contribution in [1.29, 1.82) is 0 Å². The number of anilines is 1. The predicted molar refractivity (Wildman–Crippen MR) is 140 cm³/mol. The average molecular weight is 478 g/mol. The second-order valence-corrected chi connectivity index (χ2v) is 9.53. The molecule has 2 N–H and O–H groups in total. The van der Waals surface area contributed by atoms with Crippen LogP contribution in [0.2, 0.25) is 0 Å². The highest BCUT2D eigenvalue weighted by molar-refractivity contribution is 5.80. The molecule has 0 bridgehead atoms. The van der Waals surface area contributed by atoms with E-state index in [4.69, 9.17) is 10.1 Å². The van der Waals surface area contributed by atoms with Crippen molar-refractivity contribution in [1.82, 2.24) is 19.7 Å². The number of carboxylic acid groups (broad SMARTS) is 1. The minimum atomic E-state index is -0.877. The smallest absolute Gasteiger partial charge is 0.305 e. The van der Waals surface area contributed by atoms with Gasteiger partial charge in [0.05, 0.1) is 23.5 Å². The van der Waals surface area contributed by atoms with Gasteiger partial charge in [-0.2, -0.15) is 5.10 Å². The zero-order valence-corrected chi connectivity index (χ0v) is 20.1. The van der Waals surface area contributed by atoms with Crippen LogP contribution in [0.3, 0.4) is 0 Å². The third kappa shape index (κ3) is 4.28. The summed E-state index contributed by atoms with van der Waals surface area (Å²) in [7, 11) is 0. The number of benzene rings is 2. The molecule has 0 radical (unpaired) electrons. The van der Waals surface area contributed by atoms with Gasteiger partial charge in [0, 0.05) is 35.4 Å². The van der Waals surface area contributed by atoms with E-state index in [1.807, 2.05) is 36.5 Å². The second kappa shape index (κ2) is 9.07. The Balaban J connectivity index is 1.33. The lowest BCUT2D eigenvalue weighted by atomic mass is 9.98. The molecule has 0 saturated carbocycles. The van der Waals surface area contributed by atoms with Crippen LogP contribution in [0.4, 0.5) is 5.82 Å². The van der Waals surface area contributed by atoms with E-state index in [0.29, 0.717) is 0 Å². The number of pyridine rings is 2. The van der Waals surface area contributed by atoms with Gasteiger partial charge in [0.25, 0.3) is 0 Å². The first kappa shape index (κ1) is 22.2. The molecule has 4 heterocycles. The van der Waals surface area contributed by atoms with E-state index in [2.05, 4.69) is 41.5 Å². The Hall–Kier alpha value is -4.26. The quantitative estimate of drug-likeness (QED) is 0.345. The van der Waals surface area contributed by atoms with Crippen molar-refractivity contribution >= 4 is 33.6 Å². The number of rotatable bonds is 6. The molecule has 1 atom stereocenters. The lowest BCUT2D eigenvalue weighted by Gasteiger charge is -2.19. The molecule has 0 aliphatic carbocycles. The maximum Gasteiger partial charge on any atom is 0.305 e. The largest absolute Gasteiger partial charge is 0.481 e. The van der Waals surface area contributed by atoms with E-state index in [1.165, 1.54) is 11.1 Å². The van der Waals surface area contributed by atoms with E-state index >= 15 is 0 Å². The van der Waals surface area contributed by atoms with Gasteiger partial charge in [-0.25, -0.2) is 4.98 Å². The number of carbonyl (C=O) groups is 1. The van der Waals surface area contributed by atoms with Gasteiger partial charge in [-0.05, 0) is 72.7 Å². The zero-order chi connectivity index (χ0) is 24.6. The number of para-hydroxylation sites is 1. The molecule has 2 aromatic carbocycles. The summed E-state index contributed by atoms with van der Waals surface area (Å²) in [6.07, 6.45) is 6.58. The number of hydrogen-bond acceptors (Lipinski definition) is 5. The highest BCUT2D eigenvalue weighted by Crippen LogP contribution is 2.28. The van der Waals surface area contributed by atoms with Crippen LogP contribution in [0.1, 0.15) is 46.8 Å². The molecular formula is C29H27N5O2. The Morgan fingerprint density at radius 3 is 2.89 bits per heavy atom. The predicted octanol–water partition coefficient (Wildman–Crippen LogP) is 5.30. The van der Waals surface area contributed by atoms with Crippen LogP contribution in [0.25, 0.3) is 21.8 Å².